The predicted molar refractivity (Wildman–Crippen MR) is 159 cm³/mol. The number of likely N-dealkylation sites (N-methyl/N-ethyl adjacent to an activating group) is 1. The highest BCUT2D eigenvalue weighted by Gasteiger charge is 2.26. The number of hydrogen-bond acceptors (Lipinski definition) is 6. The van der Waals surface area contributed by atoms with Gasteiger partial charge in [-0.05, 0) is 68.8 Å². The number of aryl methyl sites for hydroxylation is 1. The van der Waals surface area contributed by atoms with Crippen molar-refractivity contribution in [2.75, 3.05) is 44.2 Å². The van der Waals surface area contributed by atoms with Gasteiger partial charge in [0.15, 0.2) is 5.13 Å². The van der Waals surface area contributed by atoms with Crippen molar-refractivity contribution >= 4 is 42.6 Å². The number of para-hydroxylation sites is 1. The molecule has 0 aliphatic rings. The summed E-state index contributed by atoms with van der Waals surface area (Å²) >= 11 is 1.51. The molecular weight excluding hydrogens is 516 g/mol. The number of thiazole rings is 1. The number of anilines is 1. The lowest BCUT2D eigenvalue weighted by atomic mass is 10.2. The summed E-state index contributed by atoms with van der Waals surface area (Å²) in [5.41, 5.74) is 2.44. The highest BCUT2D eigenvalue weighted by Crippen LogP contribution is 2.31. The number of sulfonamides is 1. The van der Waals surface area contributed by atoms with E-state index in [2.05, 4.69) is 32.6 Å². The number of benzene rings is 2. The Hall–Kier alpha value is -2.33. The molecule has 0 aliphatic carbocycles. The predicted octanol–water partition coefficient (Wildman–Crippen LogP) is 6.18. The molecule has 3 aromatic rings. The number of hydrogen-bond donors (Lipinski definition) is 0. The summed E-state index contributed by atoms with van der Waals surface area (Å²) in [6.07, 6.45) is 3.51. The molecule has 0 radical (unpaired) electrons. The van der Waals surface area contributed by atoms with E-state index in [9.17, 15) is 13.2 Å². The van der Waals surface area contributed by atoms with E-state index >= 15 is 0 Å². The van der Waals surface area contributed by atoms with Crippen LogP contribution in [0, 0.1) is 6.92 Å². The van der Waals surface area contributed by atoms with Gasteiger partial charge in [0.2, 0.25) is 10.0 Å². The van der Waals surface area contributed by atoms with E-state index in [-0.39, 0.29) is 10.8 Å². The first-order valence-corrected chi connectivity index (χ1v) is 16.0. The molecule has 0 N–H and O–H groups in total. The molecule has 1 aromatic heterocycles. The van der Waals surface area contributed by atoms with Gasteiger partial charge in [-0.25, -0.2) is 13.4 Å². The molecule has 1 amide bonds. The zero-order valence-electron chi connectivity index (χ0n) is 23.4. The van der Waals surface area contributed by atoms with Crippen LogP contribution in [-0.2, 0) is 10.0 Å². The van der Waals surface area contributed by atoms with Gasteiger partial charge in [-0.3, -0.25) is 9.69 Å². The van der Waals surface area contributed by atoms with E-state index < -0.39 is 10.0 Å². The molecule has 0 bridgehead atoms. The summed E-state index contributed by atoms with van der Waals surface area (Å²) in [5.74, 6) is -0.174. The SMILES string of the molecule is CCCCN(CCCC)S(=O)(=O)c1ccc(C(=O)N(CCN(CC)CC)c2nc3c(C)cccc3s2)cc1. The standard InChI is InChI=1S/C29H42N4O3S2/c1-6-10-19-32(20-11-7-2)38(35,36)25-17-15-24(16-18-25)28(34)33(22-21-31(8-3)9-4)29-30-27-23(5)13-12-14-26(27)37-29/h12-18H,6-11,19-22H2,1-5H3. The maximum atomic E-state index is 13.8. The van der Waals surface area contributed by atoms with Crippen molar-refractivity contribution in [3.05, 3.63) is 53.6 Å². The number of unbranched alkanes of at least 4 members (excludes halogenated alkanes) is 2. The number of fused-ring (bicyclic) bond motifs is 1. The van der Waals surface area contributed by atoms with Gasteiger partial charge in [0, 0.05) is 31.7 Å². The molecule has 0 aliphatic heterocycles. The van der Waals surface area contributed by atoms with Crippen molar-refractivity contribution in [3.8, 4) is 0 Å². The monoisotopic (exact) mass is 558 g/mol. The average Bonchev–Trinajstić information content (AvgIpc) is 3.36. The van der Waals surface area contributed by atoms with Crippen LogP contribution >= 0.6 is 11.3 Å². The Morgan fingerprint density at radius 1 is 0.868 bits per heavy atom. The number of amides is 1. The molecular formula is C29H42N4O3S2. The number of rotatable bonds is 15. The maximum Gasteiger partial charge on any atom is 0.260 e. The van der Waals surface area contributed by atoms with Crippen LogP contribution in [0.15, 0.2) is 47.4 Å². The van der Waals surface area contributed by atoms with Crippen LogP contribution in [0.5, 0.6) is 0 Å². The fraction of sp³-hybridized carbons (Fsp3) is 0.517. The highest BCUT2D eigenvalue weighted by molar-refractivity contribution is 7.89. The summed E-state index contributed by atoms with van der Waals surface area (Å²) in [6.45, 7) is 14.4. The van der Waals surface area contributed by atoms with Crippen molar-refractivity contribution in [1.82, 2.24) is 14.2 Å². The van der Waals surface area contributed by atoms with Crippen LogP contribution in [0.2, 0.25) is 0 Å². The van der Waals surface area contributed by atoms with Gasteiger partial charge in [-0.15, -0.1) is 0 Å². The molecule has 0 fully saturated rings. The second-order valence-corrected chi connectivity index (χ2v) is 12.5. The lowest BCUT2D eigenvalue weighted by Gasteiger charge is -2.25. The molecule has 0 unspecified atom stereocenters. The van der Waals surface area contributed by atoms with Crippen molar-refractivity contribution in [3.63, 3.8) is 0 Å². The third-order valence-electron chi connectivity index (χ3n) is 6.88. The number of carbonyl (C=O) groups excluding carboxylic acids is 1. The highest BCUT2D eigenvalue weighted by atomic mass is 32.2. The van der Waals surface area contributed by atoms with Crippen LogP contribution in [0.3, 0.4) is 0 Å². The van der Waals surface area contributed by atoms with E-state index in [0.29, 0.717) is 30.3 Å². The molecule has 1 heterocycles. The third-order valence-corrected chi connectivity index (χ3v) is 9.84. The number of aromatic nitrogens is 1. The van der Waals surface area contributed by atoms with E-state index in [1.54, 1.807) is 33.5 Å². The van der Waals surface area contributed by atoms with Crippen LogP contribution in [0.4, 0.5) is 5.13 Å². The second kappa shape index (κ2) is 14.2. The summed E-state index contributed by atoms with van der Waals surface area (Å²) in [5, 5.41) is 0.661. The van der Waals surface area contributed by atoms with E-state index in [1.165, 1.54) is 11.3 Å². The average molecular weight is 559 g/mol. The Morgan fingerprint density at radius 2 is 1.50 bits per heavy atom. The molecule has 0 saturated heterocycles. The largest absolute Gasteiger partial charge is 0.302 e. The Kier molecular flexibility index (Phi) is 11.3. The fourth-order valence-corrected chi connectivity index (χ4v) is 6.94. The normalized spacial score (nSPS) is 12.1. The van der Waals surface area contributed by atoms with E-state index in [0.717, 1.165) is 61.1 Å². The van der Waals surface area contributed by atoms with Crippen LogP contribution in [0.1, 0.15) is 69.3 Å². The molecule has 0 atom stereocenters. The summed E-state index contributed by atoms with van der Waals surface area (Å²) in [4.78, 5) is 22.9. The first-order valence-electron chi connectivity index (χ1n) is 13.8. The first kappa shape index (κ1) is 30.2. The Morgan fingerprint density at radius 3 is 2.05 bits per heavy atom. The van der Waals surface area contributed by atoms with Gasteiger partial charge >= 0.3 is 0 Å². The van der Waals surface area contributed by atoms with Gasteiger partial charge in [0.1, 0.15) is 0 Å². The lowest BCUT2D eigenvalue weighted by Crippen LogP contribution is -2.39. The molecule has 2 aromatic carbocycles. The molecule has 7 nitrogen and oxygen atoms in total. The molecule has 38 heavy (non-hydrogen) atoms. The topological polar surface area (TPSA) is 73.8 Å². The first-order chi connectivity index (χ1) is 18.3. The molecule has 208 valence electrons. The quantitative estimate of drug-likeness (QED) is 0.223. The number of carbonyl (C=O) groups is 1. The number of nitrogens with zero attached hydrogens (tertiary/aromatic N) is 4. The Balaban J connectivity index is 1.91. The minimum absolute atomic E-state index is 0.174. The van der Waals surface area contributed by atoms with E-state index in [1.807, 2.05) is 25.1 Å². The van der Waals surface area contributed by atoms with Crippen LogP contribution < -0.4 is 4.90 Å². The van der Waals surface area contributed by atoms with Crippen molar-refractivity contribution in [2.24, 2.45) is 0 Å². The van der Waals surface area contributed by atoms with E-state index in [4.69, 9.17) is 4.98 Å². The fourth-order valence-electron chi connectivity index (χ4n) is 4.35. The van der Waals surface area contributed by atoms with Gasteiger partial charge in [-0.2, -0.15) is 4.31 Å². The Bertz CT molecular complexity index is 1280. The smallest absolute Gasteiger partial charge is 0.260 e. The maximum absolute atomic E-state index is 13.8. The van der Waals surface area contributed by atoms with Crippen molar-refractivity contribution < 1.29 is 13.2 Å². The minimum Gasteiger partial charge on any atom is -0.302 e. The molecule has 0 spiro atoms. The zero-order valence-corrected chi connectivity index (χ0v) is 25.1. The second-order valence-electron chi connectivity index (χ2n) is 9.54. The van der Waals surface area contributed by atoms with Crippen LogP contribution in [0.25, 0.3) is 10.2 Å². The van der Waals surface area contributed by atoms with Gasteiger partial charge < -0.3 is 4.90 Å². The van der Waals surface area contributed by atoms with Gasteiger partial charge in [0.25, 0.3) is 5.91 Å². The van der Waals surface area contributed by atoms with Crippen molar-refractivity contribution in [1.29, 1.82) is 0 Å². The molecule has 9 heteroatoms. The van der Waals surface area contributed by atoms with Gasteiger partial charge in [0.05, 0.1) is 15.1 Å². The minimum atomic E-state index is -3.62. The zero-order chi connectivity index (χ0) is 27.7. The summed E-state index contributed by atoms with van der Waals surface area (Å²) in [6, 6.07) is 12.5. The third kappa shape index (κ3) is 7.20. The van der Waals surface area contributed by atoms with Crippen molar-refractivity contribution in [2.45, 2.75) is 65.2 Å². The summed E-state index contributed by atoms with van der Waals surface area (Å²) < 4.78 is 29.4. The lowest BCUT2D eigenvalue weighted by molar-refractivity contribution is 0.0983. The van der Waals surface area contributed by atoms with Crippen LogP contribution in [-0.4, -0.2) is 67.8 Å². The van der Waals surface area contributed by atoms with Gasteiger partial charge in [-0.1, -0.05) is 64.0 Å². The molecule has 0 saturated carbocycles. The Labute approximate surface area is 232 Å². The molecule has 3 rings (SSSR count). The summed E-state index contributed by atoms with van der Waals surface area (Å²) in [7, 11) is -3.62.